The summed E-state index contributed by atoms with van der Waals surface area (Å²) in [6.07, 6.45) is 0. The van der Waals surface area contributed by atoms with Crippen LogP contribution in [0.4, 0.5) is 14.5 Å². The van der Waals surface area contributed by atoms with Crippen LogP contribution < -0.4 is 5.32 Å². The maximum Gasteiger partial charge on any atom is 0.329 e. The van der Waals surface area contributed by atoms with E-state index in [4.69, 9.17) is 27.9 Å². The molecule has 156 valence electrons. The smallest absolute Gasteiger partial charge is 0.329 e. The van der Waals surface area contributed by atoms with Crippen molar-refractivity contribution in [3.63, 3.8) is 0 Å². The number of halogens is 4. The van der Waals surface area contributed by atoms with Crippen molar-refractivity contribution in [3.05, 3.63) is 63.1 Å². The highest BCUT2D eigenvalue weighted by Crippen LogP contribution is 2.32. The Morgan fingerprint density at radius 3 is 2.17 bits per heavy atom. The molecule has 0 unspecified atom stereocenters. The van der Waals surface area contributed by atoms with Crippen LogP contribution in [0.1, 0.15) is 27.6 Å². The zero-order valence-electron chi connectivity index (χ0n) is 15.2. The summed E-state index contributed by atoms with van der Waals surface area (Å²) < 4.78 is 31.2. The van der Waals surface area contributed by atoms with E-state index in [1.807, 2.05) is 0 Å². The molecule has 0 aliphatic carbocycles. The van der Waals surface area contributed by atoms with Gasteiger partial charge in [-0.1, -0.05) is 23.2 Å². The van der Waals surface area contributed by atoms with Crippen molar-refractivity contribution < 1.29 is 32.7 Å². The summed E-state index contributed by atoms with van der Waals surface area (Å²) in [6, 6.07) is 3.61. The van der Waals surface area contributed by atoms with E-state index < -0.39 is 48.0 Å². The minimum Gasteiger partial charge on any atom is -0.454 e. The van der Waals surface area contributed by atoms with Crippen molar-refractivity contribution >= 4 is 52.6 Å². The standard InChI is InChI=1S/C19H12Cl2F2N2O5/c1-8(25-17(27)10-5-12(20)13(21)6-11(10)18(25)28)19(29)30-7-16(26)24-15-3-2-9(22)4-14(15)23/h2-6,8H,7H2,1H3,(H,24,26)/t8-/m0/s1. The first-order chi connectivity index (χ1) is 14.1. The summed E-state index contributed by atoms with van der Waals surface area (Å²) in [4.78, 5) is 49.8. The van der Waals surface area contributed by atoms with Gasteiger partial charge in [0.15, 0.2) is 6.61 Å². The second-order valence-electron chi connectivity index (χ2n) is 6.25. The number of amides is 3. The molecule has 1 aliphatic rings. The van der Waals surface area contributed by atoms with E-state index in [2.05, 4.69) is 5.32 Å². The lowest BCUT2D eigenvalue weighted by Crippen LogP contribution is -2.44. The molecule has 0 bridgehead atoms. The summed E-state index contributed by atoms with van der Waals surface area (Å²) in [5.41, 5.74) is -0.336. The van der Waals surface area contributed by atoms with Crippen LogP contribution in [0.2, 0.25) is 10.0 Å². The summed E-state index contributed by atoms with van der Waals surface area (Å²) in [5.74, 6) is -5.31. The van der Waals surface area contributed by atoms with E-state index in [1.165, 1.54) is 19.1 Å². The molecule has 2 aromatic carbocycles. The van der Waals surface area contributed by atoms with Gasteiger partial charge in [-0.05, 0) is 31.2 Å². The fourth-order valence-electron chi connectivity index (χ4n) is 2.74. The van der Waals surface area contributed by atoms with Gasteiger partial charge in [-0.15, -0.1) is 0 Å². The SMILES string of the molecule is C[C@@H](C(=O)OCC(=O)Nc1ccc(F)cc1F)N1C(=O)c2cc(Cl)c(Cl)cc2C1=O. The highest BCUT2D eigenvalue weighted by Gasteiger charge is 2.42. The van der Waals surface area contributed by atoms with Crippen LogP contribution in [0, 0.1) is 11.6 Å². The van der Waals surface area contributed by atoms with Gasteiger partial charge in [-0.25, -0.2) is 13.6 Å². The number of imide groups is 1. The Balaban J connectivity index is 1.64. The van der Waals surface area contributed by atoms with Crippen LogP contribution >= 0.6 is 23.2 Å². The summed E-state index contributed by atoms with van der Waals surface area (Å²) >= 11 is 11.7. The maximum absolute atomic E-state index is 13.6. The van der Waals surface area contributed by atoms with Crippen LogP contribution in [0.5, 0.6) is 0 Å². The van der Waals surface area contributed by atoms with Crippen molar-refractivity contribution in [1.29, 1.82) is 0 Å². The Kier molecular flexibility index (Phi) is 6.04. The third-order valence-electron chi connectivity index (χ3n) is 4.24. The number of carbonyl (C=O) groups excluding carboxylic acids is 4. The Hall–Kier alpha value is -3.04. The predicted octanol–water partition coefficient (Wildman–Crippen LogP) is 3.44. The van der Waals surface area contributed by atoms with Crippen LogP contribution in [0.15, 0.2) is 30.3 Å². The Morgan fingerprint density at radius 1 is 1.07 bits per heavy atom. The molecule has 0 radical (unpaired) electrons. The lowest BCUT2D eigenvalue weighted by atomic mass is 10.1. The number of fused-ring (bicyclic) bond motifs is 1. The lowest BCUT2D eigenvalue weighted by Gasteiger charge is -2.20. The van der Waals surface area contributed by atoms with E-state index in [-0.39, 0.29) is 26.9 Å². The van der Waals surface area contributed by atoms with Gasteiger partial charge in [0.2, 0.25) is 0 Å². The number of rotatable bonds is 5. The molecule has 11 heteroatoms. The first kappa shape index (κ1) is 21.7. The third kappa shape index (κ3) is 4.12. The number of anilines is 1. The van der Waals surface area contributed by atoms with Crippen LogP contribution in [0.3, 0.4) is 0 Å². The fourth-order valence-corrected chi connectivity index (χ4v) is 3.07. The van der Waals surface area contributed by atoms with E-state index in [1.54, 1.807) is 0 Å². The minimum absolute atomic E-state index is 0.0152. The van der Waals surface area contributed by atoms with Crippen molar-refractivity contribution in [2.24, 2.45) is 0 Å². The van der Waals surface area contributed by atoms with Gasteiger partial charge in [-0.2, -0.15) is 0 Å². The molecule has 0 saturated heterocycles. The molecule has 30 heavy (non-hydrogen) atoms. The number of benzene rings is 2. The quantitative estimate of drug-likeness (QED) is 0.549. The molecular weight excluding hydrogens is 445 g/mol. The summed E-state index contributed by atoms with van der Waals surface area (Å²) in [7, 11) is 0. The van der Waals surface area contributed by atoms with Crippen molar-refractivity contribution in [1.82, 2.24) is 4.90 Å². The molecule has 1 aliphatic heterocycles. The summed E-state index contributed by atoms with van der Waals surface area (Å²) in [5, 5.41) is 2.25. The monoisotopic (exact) mass is 456 g/mol. The number of nitrogens with one attached hydrogen (secondary N) is 1. The summed E-state index contributed by atoms with van der Waals surface area (Å²) in [6.45, 7) is 0.422. The van der Waals surface area contributed by atoms with Gasteiger partial charge < -0.3 is 10.1 Å². The largest absolute Gasteiger partial charge is 0.454 e. The number of esters is 1. The highest BCUT2D eigenvalue weighted by atomic mass is 35.5. The average Bonchev–Trinajstić information content (AvgIpc) is 2.92. The van der Waals surface area contributed by atoms with Gasteiger partial charge in [0.05, 0.1) is 26.9 Å². The number of hydrogen-bond acceptors (Lipinski definition) is 5. The van der Waals surface area contributed by atoms with E-state index >= 15 is 0 Å². The van der Waals surface area contributed by atoms with E-state index in [0.29, 0.717) is 11.0 Å². The Bertz CT molecular complexity index is 1050. The molecule has 2 aromatic rings. The third-order valence-corrected chi connectivity index (χ3v) is 4.96. The molecule has 1 heterocycles. The molecule has 1 atom stereocenters. The highest BCUT2D eigenvalue weighted by molar-refractivity contribution is 6.43. The molecule has 3 amide bonds. The molecule has 1 N–H and O–H groups in total. The second kappa shape index (κ2) is 8.37. The van der Waals surface area contributed by atoms with E-state index in [9.17, 15) is 28.0 Å². The number of hydrogen-bond donors (Lipinski definition) is 1. The first-order valence-electron chi connectivity index (χ1n) is 8.38. The van der Waals surface area contributed by atoms with Gasteiger partial charge >= 0.3 is 5.97 Å². The molecule has 0 aromatic heterocycles. The molecule has 7 nitrogen and oxygen atoms in total. The van der Waals surface area contributed by atoms with Gasteiger partial charge in [0.1, 0.15) is 17.7 Å². The molecule has 0 spiro atoms. The van der Waals surface area contributed by atoms with Crippen LogP contribution in [0.25, 0.3) is 0 Å². The molecule has 0 saturated carbocycles. The van der Waals surface area contributed by atoms with Gasteiger partial charge in [0.25, 0.3) is 17.7 Å². The lowest BCUT2D eigenvalue weighted by molar-refractivity contribution is -0.150. The number of ether oxygens (including phenoxy) is 1. The van der Waals surface area contributed by atoms with Gasteiger partial charge in [0, 0.05) is 6.07 Å². The van der Waals surface area contributed by atoms with Crippen LogP contribution in [-0.4, -0.2) is 41.2 Å². The minimum atomic E-state index is -1.36. The predicted molar refractivity (Wildman–Crippen MR) is 102 cm³/mol. The molecular formula is C19H12Cl2F2N2O5. The van der Waals surface area contributed by atoms with E-state index in [0.717, 1.165) is 12.1 Å². The Morgan fingerprint density at radius 2 is 1.63 bits per heavy atom. The zero-order valence-corrected chi connectivity index (χ0v) is 16.7. The zero-order chi connectivity index (χ0) is 22.2. The topological polar surface area (TPSA) is 92.8 Å². The number of carbonyl (C=O) groups is 4. The van der Waals surface area contributed by atoms with Crippen molar-refractivity contribution in [2.75, 3.05) is 11.9 Å². The second-order valence-corrected chi connectivity index (χ2v) is 7.06. The maximum atomic E-state index is 13.6. The normalized spacial score (nSPS) is 13.8. The van der Waals surface area contributed by atoms with Crippen molar-refractivity contribution in [3.8, 4) is 0 Å². The molecule has 3 rings (SSSR count). The Labute approximate surface area is 178 Å². The van der Waals surface area contributed by atoms with Crippen LogP contribution in [-0.2, 0) is 14.3 Å². The van der Waals surface area contributed by atoms with Crippen molar-refractivity contribution in [2.45, 2.75) is 13.0 Å². The number of nitrogens with zero attached hydrogens (tertiary/aromatic N) is 1. The van der Waals surface area contributed by atoms with Gasteiger partial charge in [-0.3, -0.25) is 19.3 Å². The molecule has 0 fully saturated rings. The average molecular weight is 457 g/mol. The fraction of sp³-hybridized carbons (Fsp3) is 0.158. The first-order valence-corrected chi connectivity index (χ1v) is 9.14.